The Morgan fingerprint density at radius 3 is 2.84 bits per heavy atom. The van der Waals surface area contributed by atoms with Gasteiger partial charge in [-0.3, -0.25) is 0 Å². The highest BCUT2D eigenvalue weighted by Gasteiger charge is 2.13. The Morgan fingerprint density at radius 2 is 2.04 bits per heavy atom. The number of hydrogen-bond acceptors (Lipinski definition) is 7. The van der Waals surface area contributed by atoms with Crippen molar-refractivity contribution in [2.24, 2.45) is 0 Å². The summed E-state index contributed by atoms with van der Waals surface area (Å²) in [7, 11) is 0. The lowest BCUT2D eigenvalue weighted by atomic mass is 10.2. The fraction of sp³-hybridized carbons (Fsp3) is 0.176. The molecule has 1 aromatic carbocycles. The van der Waals surface area contributed by atoms with Crippen molar-refractivity contribution in [3.05, 3.63) is 64.4 Å². The molecule has 3 aromatic heterocycles. The van der Waals surface area contributed by atoms with Crippen LogP contribution >= 0.6 is 23.1 Å². The number of aryl methyl sites for hydroxylation is 1. The van der Waals surface area contributed by atoms with Gasteiger partial charge in [-0.2, -0.15) is 16.3 Å². The minimum Gasteiger partial charge on any atom is -0.334 e. The number of thioether (sulfide) groups is 1. The van der Waals surface area contributed by atoms with E-state index in [1.165, 1.54) is 5.56 Å². The van der Waals surface area contributed by atoms with Gasteiger partial charge in [-0.1, -0.05) is 47.3 Å². The highest BCUT2D eigenvalue weighted by Crippen LogP contribution is 2.24. The summed E-state index contributed by atoms with van der Waals surface area (Å²) in [6, 6.07) is 12.2. The van der Waals surface area contributed by atoms with Gasteiger partial charge in [0.2, 0.25) is 0 Å². The minimum absolute atomic E-state index is 0.554. The van der Waals surface area contributed by atoms with Crippen molar-refractivity contribution in [1.82, 2.24) is 24.9 Å². The molecule has 25 heavy (non-hydrogen) atoms. The molecule has 8 heteroatoms. The first-order valence-corrected chi connectivity index (χ1v) is 9.64. The van der Waals surface area contributed by atoms with E-state index in [9.17, 15) is 0 Å². The van der Waals surface area contributed by atoms with Crippen LogP contribution in [0, 0.1) is 6.92 Å². The Kier molecular flexibility index (Phi) is 4.62. The number of benzene rings is 1. The fourth-order valence-electron chi connectivity index (χ4n) is 2.36. The predicted octanol–water partition coefficient (Wildman–Crippen LogP) is 4.04. The number of nitrogens with zero attached hydrogens (tertiary/aromatic N) is 5. The van der Waals surface area contributed by atoms with Crippen molar-refractivity contribution in [3.63, 3.8) is 0 Å². The molecule has 4 aromatic rings. The van der Waals surface area contributed by atoms with E-state index in [-0.39, 0.29) is 0 Å². The van der Waals surface area contributed by atoms with Crippen molar-refractivity contribution < 1.29 is 4.52 Å². The van der Waals surface area contributed by atoms with Crippen molar-refractivity contribution in [3.8, 4) is 11.5 Å². The lowest BCUT2D eigenvalue weighted by molar-refractivity contribution is 0.425. The third-order valence-corrected chi connectivity index (χ3v) is 5.30. The molecule has 0 unspecified atom stereocenters. The van der Waals surface area contributed by atoms with E-state index in [4.69, 9.17) is 4.52 Å². The van der Waals surface area contributed by atoms with Crippen LogP contribution in [0.25, 0.3) is 11.5 Å². The van der Waals surface area contributed by atoms with Crippen LogP contribution in [-0.4, -0.2) is 24.9 Å². The third kappa shape index (κ3) is 3.64. The van der Waals surface area contributed by atoms with Crippen LogP contribution in [0.1, 0.15) is 17.2 Å². The average molecular weight is 369 g/mol. The van der Waals surface area contributed by atoms with E-state index in [2.05, 4.69) is 37.0 Å². The summed E-state index contributed by atoms with van der Waals surface area (Å²) in [6.45, 7) is 2.71. The maximum absolute atomic E-state index is 5.32. The second-order valence-corrected chi connectivity index (χ2v) is 7.14. The largest absolute Gasteiger partial charge is 0.334 e. The van der Waals surface area contributed by atoms with Gasteiger partial charge in [0.1, 0.15) is 5.82 Å². The molecule has 0 spiro atoms. The standard InChI is InChI=1S/C17H15N5OS2/c1-12-19-20-17(22(12)9-13-5-3-2-4-6-13)25-11-15-18-16(23-21-15)14-7-8-24-10-14/h2-8,10H,9,11H2,1H3. The van der Waals surface area contributed by atoms with Crippen molar-refractivity contribution in [2.75, 3.05) is 0 Å². The van der Waals surface area contributed by atoms with Crippen LogP contribution in [-0.2, 0) is 12.3 Å². The quantitative estimate of drug-likeness (QED) is 0.478. The van der Waals surface area contributed by atoms with Gasteiger partial charge in [-0.25, -0.2) is 0 Å². The monoisotopic (exact) mass is 369 g/mol. The zero-order valence-corrected chi connectivity index (χ0v) is 15.1. The van der Waals surface area contributed by atoms with E-state index in [1.54, 1.807) is 23.1 Å². The first-order valence-electron chi connectivity index (χ1n) is 7.71. The zero-order valence-electron chi connectivity index (χ0n) is 13.5. The summed E-state index contributed by atoms with van der Waals surface area (Å²) >= 11 is 3.16. The molecule has 0 aliphatic rings. The van der Waals surface area contributed by atoms with Crippen LogP contribution in [0.5, 0.6) is 0 Å². The Bertz CT molecular complexity index is 947. The summed E-state index contributed by atoms with van der Waals surface area (Å²) in [5.74, 6) is 2.68. The minimum atomic E-state index is 0.554. The zero-order chi connectivity index (χ0) is 17.1. The lowest BCUT2D eigenvalue weighted by Gasteiger charge is -2.07. The maximum Gasteiger partial charge on any atom is 0.258 e. The second-order valence-electron chi connectivity index (χ2n) is 5.42. The van der Waals surface area contributed by atoms with Gasteiger partial charge in [-0.05, 0) is 23.9 Å². The Balaban J connectivity index is 1.47. The molecule has 0 N–H and O–H groups in total. The Labute approximate surface area is 152 Å². The number of aromatic nitrogens is 5. The number of thiophene rings is 1. The molecule has 0 bridgehead atoms. The van der Waals surface area contributed by atoms with E-state index in [1.807, 2.05) is 41.9 Å². The molecule has 0 fully saturated rings. The molecule has 4 rings (SSSR count). The van der Waals surface area contributed by atoms with Gasteiger partial charge in [0.05, 0.1) is 17.9 Å². The number of hydrogen-bond donors (Lipinski definition) is 0. The van der Waals surface area contributed by atoms with Crippen molar-refractivity contribution >= 4 is 23.1 Å². The summed E-state index contributed by atoms with van der Waals surface area (Å²) in [5, 5.41) is 17.4. The third-order valence-electron chi connectivity index (χ3n) is 3.65. The van der Waals surface area contributed by atoms with E-state index in [0.29, 0.717) is 17.5 Å². The van der Waals surface area contributed by atoms with Gasteiger partial charge in [-0.15, -0.1) is 10.2 Å². The fourth-order valence-corrected chi connectivity index (χ4v) is 3.82. The molecule has 0 radical (unpaired) electrons. The van der Waals surface area contributed by atoms with Crippen LogP contribution in [0.2, 0.25) is 0 Å². The smallest absolute Gasteiger partial charge is 0.258 e. The molecule has 0 amide bonds. The van der Waals surface area contributed by atoms with E-state index < -0.39 is 0 Å². The van der Waals surface area contributed by atoms with E-state index in [0.717, 1.165) is 23.1 Å². The first-order chi connectivity index (χ1) is 12.3. The maximum atomic E-state index is 5.32. The van der Waals surface area contributed by atoms with Gasteiger partial charge in [0.25, 0.3) is 5.89 Å². The lowest BCUT2D eigenvalue weighted by Crippen LogP contribution is -2.04. The molecule has 0 saturated carbocycles. The summed E-state index contributed by atoms with van der Waals surface area (Å²) < 4.78 is 7.42. The Morgan fingerprint density at radius 1 is 1.16 bits per heavy atom. The molecule has 6 nitrogen and oxygen atoms in total. The summed E-state index contributed by atoms with van der Waals surface area (Å²) in [5.41, 5.74) is 2.17. The van der Waals surface area contributed by atoms with Crippen molar-refractivity contribution in [2.45, 2.75) is 24.4 Å². The molecule has 0 atom stereocenters. The molecule has 3 heterocycles. The molecule has 126 valence electrons. The Hall–Kier alpha value is -2.45. The average Bonchev–Trinajstić information content (AvgIpc) is 3.37. The van der Waals surface area contributed by atoms with Crippen LogP contribution in [0.4, 0.5) is 0 Å². The van der Waals surface area contributed by atoms with Gasteiger partial charge >= 0.3 is 0 Å². The highest BCUT2D eigenvalue weighted by atomic mass is 32.2. The van der Waals surface area contributed by atoms with Crippen LogP contribution < -0.4 is 0 Å². The van der Waals surface area contributed by atoms with Gasteiger partial charge in [0.15, 0.2) is 11.0 Å². The highest BCUT2D eigenvalue weighted by molar-refractivity contribution is 7.98. The molecule has 0 saturated heterocycles. The van der Waals surface area contributed by atoms with Gasteiger partial charge < -0.3 is 9.09 Å². The van der Waals surface area contributed by atoms with Crippen molar-refractivity contribution in [1.29, 1.82) is 0 Å². The topological polar surface area (TPSA) is 69.6 Å². The van der Waals surface area contributed by atoms with Gasteiger partial charge in [0, 0.05) is 5.38 Å². The first kappa shape index (κ1) is 16.0. The normalized spacial score (nSPS) is 11.1. The molecular formula is C17H15N5OS2. The summed E-state index contributed by atoms with van der Waals surface area (Å²) in [6.07, 6.45) is 0. The number of rotatable bonds is 6. The predicted molar refractivity (Wildman–Crippen MR) is 97.5 cm³/mol. The van der Waals surface area contributed by atoms with Crippen LogP contribution in [0.3, 0.4) is 0 Å². The molecular weight excluding hydrogens is 354 g/mol. The molecule has 0 aliphatic heterocycles. The van der Waals surface area contributed by atoms with E-state index >= 15 is 0 Å². The summed E-state index contributed by atoms with van der Waals surface area (Å²) in [4.78, 5) is 4.44. The molecule has 0 aliphatic carbocycles. The second kappa shape index (κ2) is 7.20. The van der Waals surface area contributed by atoms with Crippen LogP contribution in [0.15, 0.2) is 56.8 Å². The SMILES string of the molecule is Cc1nnc(SCc2noc(-c3ccsc3)n2)n1Cc1ccccc1.